The van der Waals surface area contributed by atoms with E-state index in [0.29, 0.717) is 25.8 Å². The van der Waals surface area contributed by atoms with Crippen molar-refractivity contribution in [2.75, 3.05) is 18.6 Å². The average Bonchev–Trinajstić information content (AvgIpc) is 2.75. The Morgan fingerprint density at radius 2 is 1.75 bits per heavy atom. The van der Waals surface area contributed by atoms with Gasteiger partial charge in [-0.05, 0) is 85.9 Å². The molecule has 0 radical (unpaired) electrons. The van der Waals surface area contributed by atoms with Gasteiger partial charge in [-0.3, -0.25) is 9.59 Å². The zero-order valence-corrected chi connectivity index (χ0v) is 20.0. The monoisotopic (exact) mass is 457 g/mol. The predicted molar refractivity (Wildman–Crippen MR) is 132 cm³/mol. The first-order chi connectivity index (χ1) is 15.2. The lowest BCUT2D eigenvalue weighted by molar-refractivity contribution is -0.140. The number of thioether (sulfide) groups is 1. The Morgan fingerprint density at radius 1 is 1.12 bits per heavy atom. The Labute approximate surface area is 195 Å². The number of amides is 2. The van der Waals surface area contributed by atoms with Crippen LogP contribution in [0.2, 0.25) is 0 Å². The lowest BCUT2D eigenvalue weighted by Crippen LogP contribution is -2.54. The molecule has 2 rings (SSSR count). The van der Waals surface area contributed by atoms with Crippen molar-refractivity contribution in [1.82, 2.24) is 4.90 Å². The van der Waals surface area contributed by atoms with Gasteiger partial charge in [0.1, 0.15) is 11.8 Å². The lowest BCUT2D eigenvalue weighted by atomic mass is 9.95. The van der Waals surface area contributed by atoms with Gasteiger partial charge in [-0.2, -0.15) is 11.8 Å². The molecular weight excluding hydrogens is 422 g/mol. The van der Waals surface area contributed by atoms with Crippen LogP contribution in [-0.2, 0) is 22.4 Å². The molecule has 2 atom stereocenters. The fraction of sp³-hybridized carbons (Fsp3) is 0.440. The molecule has 0 fully saturated rings. The number of phenols is 1. The average molecular weight is 458 g/mol. The second kappa shape index (κ2) is 12.5. The summed E-state index contributed by atoms with van der Waals surface area (Å²) in [5, 5.41) is 9.80. The summed E-state index contributed by atoms with van der Waals surface area (Å²) < 4.78 is 0. The van der Waals surface area contributed by atoms with E-state index < -0.39 is 18.0 Å². The number of hydrogen-bond acceptors (Lipinski definition) is 5. The van der Waals surface area contributed by atoms with Crippen molar-refractivity contribution in [3.05, 3.63) is 64.7 Å². The molecule has 2 amide bonds. The highest BCUT2D eigenvalue weighted by Crippen LogP contribution is 2.22. The molecule has 5 N–H and O–H groups in total. The molecule has 2 aromatic carbocycles. The first kappa shape index (κ1) is 25.7. The number of aryl methyl sites for hydroxylation is 3. The second-order valence-electron chi connectivity index (χ2n) is 8.19. The summed E-state index contributed by atoms with van der Waals surface area (Å²) in [6.45, 7) is 4.19. The number of aromatic hydroxyl groups is 1. The third-order valence-corrected chi connectivity index (χ3v) is 6.36. The number of primary amides is 1. The fourth-order valence-electron chi connectivity index (χ4n) is 4.01. The number of nitrogens with zero attached hydrogens (tertiary/aromatic N) is 1. The van der Waals surface area contributed by atoms with Crippen LogP contribution in [0.4, 0.5) is 0 Å². The van der Waals surface area contributed by atoms with Gasteiger partial charge in [-0.15, -0.1) is 0 Å². The third-order valence-electron chi connectivity index (χ3n) is 5.71. The number of carbonyl (C=O) groups is 2. The van der Waals surface area contributed by atoms with Gasteiger partial charge >= 0.3 is 0 Å². The van der Waals surface area contributed by atoms with E-state index in [1.165, 1.54) is 5.56 Å². The van der Waals surface area contributed by atoms with E-state index in [1.807, 2.05) is 50.4 Å². The fourth-order valence-corrected chi connectivity index (χ4v) is 4.47. The highest BCUT2D eigenvalue weighted by molar-refractivity contribution is 7.98. The minimum atomic E-state index is -0.801. The number of carbonyl (C=O) groups excluding carboxylic acids is 2. The highest BCUT2D eigenvalue weighted by Gasteiger charge is 2.31. The Hall–Kier alpha value is -2.51. The quantitative estimate of drug-likeness (QED) is 0.454. The Kier molecular flexibility index (Phi) is 10.1. The summed E-state index contributed by atoms with van der Waals surface area (Å²) in [6.07, 6.45) is 4.30. The van der Waals surface area contributed by atoms with E-state index in [1.54, 1.807) is 28.8 Å². The van der Waals surface area contributed by atoms with Crippen LogP contribution in [0.1, 0.15) is 35.1 Å². The molecule has 6 nitrogen and oxygen atoms in total. The standard InChI is InChI=1S/C25H35N3O3S/c1-17-14-20(29)15-18(2)21(17)16-22(26)25(31)28(23(24(27)30)11-13-32-3)12-7-10-19-8-5-4-6-9-19/h4-6,8-9,14-15,22-23,29H,7,10-13,16,26H2,1-3H3,(H2,27,30)/t22-,23+/m0/s1. The van der Waals surface area contributed by atoms with Crippen molar-refractivity contribution in [3.8, 4) is 5.75 Å². The molecule has 174 valence electrons. The molecule has 0 spiro atoms. The van der Waals surface area contributed by atoms with Crippen molar-refractivity contribution >= 4 is 23.6 Å². The van der Waals surface area contributed by atoms with E-state index in [0.717, 1.165) is 28.9 Å². The Morgan fingerprint density at radius 3 is 2.31 bits per heavy atom. The molecule has 0 heterocycles. The summed E-state index contributed by atoms with van der Waals surface area (Å²) in [5.74, 6) is 0.143. The maximum atomic E-state index is 13.4. The minimum absolute atomic E-state index is 0.192. The van der Waals surface area contributed by atoms with Gasteiger partial charge in [0.15, 0.2) is 0 Å². The highest BCUT2D eigenvalue weighted by atomic mass is 32.2. The van der Waals surface area contributed by atoms with Crippen LogP contribution in [0.3, 0.4) is 0 Å². The maximum absolute atomic E-state index is 13.4. The molecular formula is C25H35N3O3S. The van der Waals surface area contributed by atoms with Gasteiger partial charge in [0.25, 0.3) is 0 Å². The smallest absolute Gasteiger partial charge is 0.240 e. The van der Waals surface area contributed by atoms with Crippen LogP contribution in [0.25, 0.3) is 0 Å². The molecule has 0 saturated carbocycles. The minimum Gasteiger partial charge on any atom is -0.508 e. The zero-order chi connectivity index (χ0) is 23.7. The summed E-state index contributed by atoms with van der Waals surface area (Å²) in [7, 11) is 0. The molecule has 0 bridgehead atoms. The topological polar surface area (TPSA) is 110 Å². The summed E-state index contributed by atoms with van der Waals surface area (Å²) in [4.78, 5) is 27.3. The molecule has 0 unspecified atom stereocenters. The van der Waals surface area contributed by atoms with E-state index in [4.69, 9.17) is 11.5 Å². The third kappa shape index (κ3) is 7.28. The normalized spacial score (nSPS) is 12.9. The van der Waals surface area contributed by atoms with Crippen molar-refractivity contribution in [1.29, 1.82) is 0 Å². The number of hydrogen-bond donors (Lipinski definition) is 3. The van der Waals surface area contributed by atoms with Crippen molar-refractivity contribution in [2.24, 2.45) is 11.5 Å². The predicted octanol–water partition coefficient (Wildman–Crippen LogP) is 2.95. The Balaban J connectivity index is 2.19. The van der Waals surface area contributed by atoms with Gasteiger partial charge in [0, 0.05) is 6.54 Å². The molecule has 32 heavy (non-hydrogen) atoms. The summed E-state index contributed by atoms with van der Waals surface area (Å²) >= 11 is 1.61. The van der Waals surface area contributed by atoms with Gasteiger partial charge < -0.3 is 21.5 Å². The first-order valence-corrected chi connectivity index (χ1v) is 12.3. The molecule has 0 aliphatic rings. The van der Waals surface area contributed by atoms with Crippen LogP contribution in [0.5, 0.6) is 5.75 Å². The van der Waals surface area contributed by atoms with Crippen molar-refractivity contribution in [2.45, 2.75) is 51.6 Å². The van der Waals surface area contributed by atoms with Crippen LogP contribution in [-0.4, -0.2) is 52.5 Å². The molecule has 0 saturated heterocycles. The van der Waals surface area contributed by atoms with E-state index in [9.17, 15) is 14.7 Å². The van der Waals surface area contributed by atoms with Crippen LogP contribution in [0, 0.1) is 13.8 Å². The SMILES string of the molecule is CSCC[C@H](C(N)=O)N(CCCc1ccccc1)C(=O)[C@@H](N)Cc1c(C)cc(O)cc1C. The van der Waals surface area contributed by atoms with Gasteiger partial charge in [0.05, 0.1) is 6.04 Å². The largest absolute Gasteiger partial charge is 0.508 e. The number of rotatable bonds is 12. The van der Waals surface area contributed by atoms with E-state index in [2.05, 4.69) is 0 Å². The molecule has 0 aliphatic carbocycles. The number of nitrogens with two attached hydrogens (primary N) is 2. The van der Waals surface area contributed by atoms with Crippen LogP contribution in [0.15, 0.2) is 42.5 Å². The Bertz CT molecular complexity index is 882. The van der Waals surface area contributed by atoms with Crippen LogP contribution < -0.4 is 11.5 Å². The first-order valence-electron chi connectivity index (χ1n) is 10.9. The van der Waals surface area contributed by atoms with Gasteiger partial charge in [0.2, 0.25) is 11.8 Å². The van der Waals surface area contributed by atoms with Crippen molar-refractivity contribution in [3.63, 3.8) is 0 Å². The molecule has 0 aromatic heterocycles. The van der Waals surface area contributed by atoms with Gasteiger partial charge in [-0.1, -0.05) is 30.3 Å². The lowest BCUT2D eigenvalue weighted by Gasteiger charge is -2.32. The molecule has 7 heteroatoms. The van der Waals surface area contributed by atoms with Crippen molar-refractivity contribution < 1.29 is 14.7 Å². The maximum Gasteiger partial charge on any atom is 0.240 e. The second-order valence-corrected chi connectivity index (χ2v) is 9.17. The van der Waals surface area contributed by atoms with Gasteiger partial charge in [-0.25, -0.2) is 0 Å². The molecule has 2 aromatic rings. The summed E-state index contributed by atoms with van der Waals surface area (Å²) in [6, 6.07) is 11.9. The zero-order valence-electron chi connectivity index (χ0n) is 19.2. The number of benzene rings is 2. The van der Waals surface area contributed by atoms with E-state index >= 15 is 0 Å². The summed E-state index contributed by atoms with van der Waals surface area (Å²) in [5.41, 5.74) is 16.0. The number of phenolic OH excluding ortho intramolecular Hbond substituents is 1. The van der Waals surface area contributed by atoms with Crippen LogP contribution >= 0.6 is 11.8 Å². The van der Waals surface area contributed by atoms with E-state index in [-0.39, 0.29) is 11.7 Å². The molecule has 0 aliphatic heterocycles.